The number of rotatable bonds is 6. The summed E-state index contributed by atoms with van der Waals surface area (Å²) >= 11 is 1.23. The maximum atomic E-state index is 11.4. The molecule has 5 nitrogen and oxygen atoms in total. The van der Waals surface area contributed by atoms with Gasteiger partial charge in [0.25, 0.3) is 0 Å². The van der Waals surface area contributed by atoms with Crippen molar-refractivity contribution in [2.24, 2.45) is 0 Å². The summed E-state index contributed by atoms with van der Waals surface area (Å²) in [6, 6.07) is 5.41. The van der Waals surface area contributed by atoms with E-state index in [0.29, 0.717) is 17.9 Å². The van der Waals surface area contributed by atoms with Gasteiger partial charge in [-0.3, -0.25) is 9.88 Å². The van der Waals surface area contributed by atoms with Crippen LogP contribution in [-0.2, 0) is 6.54 Å². The Morgan fingerprint density at radius 1 is 1.35 bits per heavy atom. The number of thiazole rings is 1. The van der Waals surface area contributed by atoms with Gasteiger partial charge in [-0.1, -0.05) is 19.9 Å². The molecule has 0 saturated heterocycles. The fourth-order valence-corrected chi connectivity index (χ4v) is 2.85. The van der Waals surface area contributed by atoms with E-state index in [-0.39, 0.29) is 4.88 Å². The molecule has 0 atom stereocenters. The van der Waals surface area contributed by atoms with Crippen molar-refractivity contribution in [1.29, 1.82) is 0 Å². The maximum absolute atomic E-state index is 11.4. The standard InChI is InChI=1S/C14H17N3O2S/c1-3-17(4-2)9-11-16-12(13(20-11)14(18)19)10-7-5-6-8-15-10/h5-8H,3-4,9H2,1-2H3,(H,18,19). The number of nitrogens with zero attached hydrogens (tertiary/aromatic N) is 3. The Morgan fingerprint density at radius 3 is 2.65 bits per heavy atom. The first-order valence-corrected chi connectivity index (χ1v) is 7.34. The van der Waals surface area contributed by atoms with Crippen LogP contribution in [0.15, 0.2) is 24.4 Å². The van der Waals surface area contributed by atoms with E-state index in [0.717, 1.165) is 18.1 Å². The number of carboxylic acids is 1. The van der Waals surface area contributed by atoms with Crippen molar-refractivity contribution in [3.8, 4) is 11.4 Å². The van der Waals surface area contributed by atoms with Crippen molar-refractivity contribution in [3.63, 3.8) is 0 Å². The predicted molar refractivity (Wildman–Crippen MR) is 78.9 cm³/mol. The molecule has 0 spiro atoms. The predicted octanol–water partition coefficient (Wildman–Crippen LogP) is 2.75. The van der Waals surface area contributed by atoms with Crippen LogP contribution in [0.25, 0.3) is 11.4 Å². The van der Waals surface area contributed by atoms with Gasteiger partial charge in [-0.05, 0) is 25.2 Å². The highest BCUT2D eigenvalue weighted by Gasteiger charge is 2.20. The van der Waals surface area contributed by atoms with Gasteiger partial charge in [0.2, 0.25) is 0 Å². The van der Waals surface area contributed by atoms with E-state index < -0.39 is 5.97 Å². The second-order valence-corrected chi connectivity index (χ2v) is 5.35. The Hall–Kier alpha value is -1.79. The highest BCUT2D eigenvalue weighted by atomic mass is 32.1. The lowest BCUT2D eigenvalue weighted by Crippen LogP contribution is -2.21. The Labute approximate surface area is 121 Å². The van der Waals surface area contributed by atoms with E-state index in [1.54, 1.807) is 18.3 Å². The van der Waals surface area contributed by atoms with Gasteiger partial charge >= 0.3 is 5.97 Å². The lowest BCUT2D eigenvalue weighted by Gasteiger charge is -2.15. The molecule has 0 saturated carbocycles. The third-order valence-corrected chi connectivity index (χ3v) is 4.05. The Kier molecular flexibility index (Phi) is 4.81. The molecule has 2 aromatic rings. The zero-order chi connectivity index (χ0) is 14.5. The number of pyridine rings is 1. The van der Waals surface area contributed by atoms with Gasteiger partial charge in [0.15, 0.2) is 0 Å². The second-order valence-electron chi connectivity index (χ2n) is 4.27. The molecular formula is C14H17N3O2S. The fraction of sp³-hybridized carbons (Fsp3) is 0.357. The molecule has 6 heteroatoms. The van der Waals surface area contributed by atoms with E-state index in [1.165, 1.54) is 11.3 Å². The van der Waals surface area contributed by atoms with Gasteiger partial charge in [0.05, 0.1) is 12.2 Å². The van der Waals surface area contributed by atoms with E-state index in [1.807, 2.05) is 6.07 Å². The van der Waals surface area contributed by atoms with Crippen LogP contribution in [0.1, 0.15) is 28.5 Å². The van der Waals surface area contributed by atoms with Gasteiger partial charge in [0, 0.05) is 6.20 Å². The molecule has 0 aliphatic carbocycles. The van der Waals surface area contributed by atoms with Gasteiger partial charge in [-0.25, -0.2) is 9.78 Å². The number of carboxylic acid groups (broad SMARTS) is 1. The zero-order valence-corrected chi connectivity index (χ0v) is 12.4. The summed E-state index contributed by atoms with van der Waals surface area (Å²) in [6.07, 6.45) is 1.64. The molecule has 0 aliphatic heterocycles. The van der Waals surface area contributed by atoms with Crippen LogP contribution in [0.3, 0.4) is 0 Å². The van der Waals surface area contributed by atoms with Crippen LogP contribution in [0.5, 0.6) is 0 Å². The number of aromatic nitrogens is 2. The van der Waals surface area contributed by atoms with Crippen LogP contribution in [0.4, 0.5) is 0 Å². The fourth-order valence-electron chi connectivity index (χ4n) is 1.89. The quantitative estimate of drug-likeness (QED) is 0.886. The largest absolute Gasteiger partial charge is 0.477 e. The van der Waals surface area contributed by atoms with E-state index in [9.17, 15) is 9.90 Å². The summed E-state index contributed by atoms with van der Waals surface area (Å²) < 4.78 is 0. The monoisotopic (exact) mass is 291 g/mol. The lowest BCUT2D eigenvalue weighted by atomic mass is 10.2. The molecule has 2 rings (SSSR count). The molecule has 0 bridgehead atoms. The van der Waals surface area contributed by atoms with Crippen LogP contribution in [0, 0.1) is 0 Å². The number of hydrogen-bond donors (Lipinski definition) is 1. The first kappa shape index (κ1) is 14.6. The highest BCUT2D eigenvalue weighted by molar-refractivity contribution is 7.14. The minimum atomic E-state index is -0.950. The Bertz CT molecular complexity index is 579. The second kappa shape index (κ2) is 6.58. The van der Waals surface area contributed by atoms with E-state index >= 15 is 0 Å². The first-order chi connectivity index (χ1) is 9.65. The molecule has 0 aromatic carbocycles. The molecule has 0 aliphatic rings. The molecule has 0 unspecified atom stereocenters. The topological polar surface area (TPSA) is 66.3 Å². The summed E-state index contributed by atoms with van der Waals surface area (Å²) in [7, 11) is 0. The van der Waals surface area contributed by atoms with Crippen molar-refractivity contribution < 1.29 is 9.90 Å². The molecule has 0 radical (unpaired) electrons. The minimum Gasteiger partial charge on any atom is -0.477 e. The normalized spacial score (nSPS) is 10.9. The third-order valence-electron chi connectivity index (χ3n) is 3.03. The van der Waals surface area contributed by atoms with Gasteiger partial charge < -0.3 is 5.11 Å². The maximum Gasteiger partial charge on any atom is 0.348 e. The molecule has 1 N–H and O–H groups in total. The zero-order valence-electron chi connectivity index (χ0n) is 11.5. The van der Waals surface area contributed by atoms with Crippen molar-refractivity contribution in [3.05, 3.63) is 34.3 Å². The number of aromatic carboxylic acids is 1. The highest BCUT2D eigenvalue weighted by Crippen LogP contribution is 2.27. The van der Waals surface area contributed by atoms with Crippen molar-refractivity contribution >= 4 is 17.3 Å². The first-order valence-electron chi connectivity index (χ1n) is 6.52. The molecule has 2 heterocycles. The summed E-state index contributed by atoms with van der Waals surface area (Å²) in [5.41, 5.74) is 1.07. The summed E-state index contributed by atoms with van der Waals surface area (Å²) in [6.45, 7) is 6.66. The smallest absolute Gasteiger partial charge is 0.348 e. The van der Waals surface area contributed by atoms with Gasteiger partial charge in [-0.2, -0.15) is 0 Å². The number of hydrogen-bond acceptors (Lipinski definition) is 5. The van der Waals surface area contributed by atoms with Crippen molar-refractivity contribution in [1.82, 2.24) is 14.9 Å². The lowest BCUT2D eigenvalue weighted by molar-refractivity contribution is 0.0702. The molecule has 20 heavy (non-hydrogen) atoms. The summed E-state index contributed by atoms with van der Waals surface area (Å²) in [4.78, 5) is 22.5. The average Bonchev–Trinajstić information content (AvgIpc) is 2.90. The Morgan fingerprint density at radius 2 is 2.10 bits per heavy atom. The minimum absolute atomic E-state index is 0.255. The SMILES string of the molecule is CCN(CC)Cc1nc(-c2ccccn2)c(C(=O)O)s1. The summed E-state index contributed by atoms with van der Waals surface area (Å²) in [5.74, 6) is -0.950. The molecule has 0 fully saturated rings. The van der Waals surface area contributed by atoms with Crippen LogP contribution < -0.4 is 0 Å². The average molecular weight is 291 g/mol. The summed E-state index contributed by atoms with van der Waals surface area (Å²) in [5, 5.41) is 10.1. The van der Waals surface area contributed by atoms with Crippen molar-refractivity contribution in [2.75, 3.05) is 13.1 Å². The van der Waals surface area contributed by atoms with Gasteiger partial charge in [-0.15, -0.1) is 11.3 Å². The van der Waals surface area contributed by atoms with E-state index in [4.69, 9.17) is 0 Å². The van der Waals surface area contributed by atoms with Crippen molar-refractivity contribution in [2.45, 2.75) is 20.4 Å². The Balaban J connectivity index is 2.36. The molecule has 106 valence electrons. The van der Waals surface area contributed by atoms with Crippen LogP contribution in [-0.4, -0.2) is 39.0 Å². The van der Waals surface area contributed by atoms with Crippen LogP contribution >= 0.6 is 11.3 Å². The van der Waals surface area contributed by atoms with Gasteiger partial charge in [0.1, 0.15) is 15.6 Å². The third kappa shape index (κ3) is 3.20. The molecule has 2 aromatic heterocycles. The van der Waals surface area contributed by atoms with E-state index in [2.05, 4.69) is 28.7 Å². The number of carbonyl (C=O) groups is 1. The molecule has 0 amide bonds. The van der Waals surface area contributed by atoms with Crippen LogP contribution in [0.2, 0.25) is 0 Å². The molecular weight excluding hydrogens is 274 g/mol.